The molecule has 142 valence electrons. The van der Waals surface area contributed by atoms with Gasteiger partial charge < -0.3 is 10.2 Å². The van der Waals surface area contributed by atoms with Gasteiger partial charge in [0.25, 0.3) is 0 Å². The zero-order chi connectivity index (χ0) is 19.9. The van der Waals surface area contributed by atoms with E-state index in [1.165, 1.54) is 0 Å². The monoisotopic (exact) mass is 370 g/mol. The molecule has 0 aromatic heterocycles. The number of aliphatic hydroxyl groups excluding tert-OH is 2. The number of aliphatic hydroxyl groups is 2. The van der Waals surface area contributed by atoms with Crippen LogP contribution in [0.1, 0.15) is 46.3 Å². The highest BCUT2D eigenvalue weighted by Gasteiger charge is 2.22. The van der Waals surface area contributed by atoms with Gasteiger partial charge in [0, 0.05) is 11.8 Å². The maximum atomic E-state index is 10.8. The number of hydrogen-bond acceptors (Lipinski definition) is 2. The first-order chi connectivity index (χ1) is 13.7. The quantitative estimate of drug-likeness (QED) is 0.500. The largest absolute Gasteiger partial charge is 0.387 e. The van der Waals surface area contributed by atoms with Crippen LogP contribution in [0, 0.1) is 0 Å². The highest BCUT2D eigenvalue weighted by molar-refractivity contribution is 5.34. The van der Waals surface area contributed by atoms with Crippen molar-refractivity contribution < 1.29 is 10.2 Å². The molecule has 3 aromatic rings. The van der Waals surface area contributed by atoms with E-state index in [-0.39, 0.29) is 11.8 Å². The lowest BCUT2D eigenvalue weighted by molar-refractivity contribution is 0.158. The van der Waals surface area contributed by atoms with Crippen molar-refractivity contribution in [2.45, 2.75) is 24.0 Å². The molecule has 3 rings (SSSR count). The van der Waals surface area contributed by atoms with E-state index in [1.54, 1.807) is 12.2 Å². The fourth-order valence-corrected chi connectivity index (χ4v) is 3.55. The average molecular weight is 370 g/mol. The van der Waals surface area contributed by atoms with Crippen molar-refractivity contribution in [3.05, 3.63) is 132 Å². The van der Waals surface area contributed by atoms with Crippen LogP contribution in [0.15, 0.2) is 110 Å². The molecule has 0 fully saturated rings. The predicted octanol–water partition coefficient (Wildman–Crippen LogP) is 5.69. The molecule has 0 saturated carbocycles. The summed E-state index contributed by atoms with van der Waals surface area (Å²) >= 11 is 0. The molecule has 2 nitrogen and oxygen atoms in total. The Kier molecular flexibility index (Phi) is 6.59. The molecule has 28 heavy (non-hydrogen) atoms. The van der Waals surface area contributed by atoms with Gasteiger partial charge in [0.1, 0.15) is 0 Å². The lowest BCUT2D eigenvalue weighted by Crippen LogP contribution is -2.11. The molecule has 0 bridgehead atoms. The van der Waals surface area contributed by atoms with Crippen LogP contribution in [0.25, 0.3) is 0 Å². The number of hydrogen-bond donors (Lipinski definition) is 2. The molecule has 4 unspecified atom stereocenters. The second kappa shape index (κ2) is 9.32. The Bertz CT molecular complexity index is 808. The topological polar surface area (TPSA) is 40.5 Å². The summed E-state index contributed by atoms with van der Waals surface area (Å²) in [5, 5.41) is 21.7. The minimum absolute atomic E-state index is 0.192. The second-order valence-corrected chi connectivity index (χ2v) is 6.90. The van der Waals surface area contributed by atoms with Gasteiger partial charge in [-0.15, -0.1) is 13.2 Å². The van der Waals surface area contributed by atoms with Crippen LogP contribution < -0.4 is 0 Å². The Labute approximate surface area is 167 Å². The minimum Gasteiger partial charge on any atom is -0.387 e. The zero-order valence-electron chi connectivity index (χ0n) is 15.9. The van der Waals surface area contributed by atoms with Gasteiger partial charge in [0.05, 0.1) is 12.2 Å². The van der Waals surface area contributed by atoms with Gasteiger partial charge in [-0.3, -0.25) is 0 Å². The second-order valence-electron chi connectivity index (χ2n) is 6.90. The Balaban J connectivity index is 1.80. The van der Waals surface area contributed by atoms with Gasteiger partial charge in [0.15, 0.2) is 0 Å². The van der Waals surface area contributed by atoms with E-state index in [0.29, 0.717) is 0 Å². The first-order valence-electron chi connectivity index (χ1n) is 9.46. The third-order valence-corrected chi connectivity index (χ3v) is 5.18. The van der Waals surface area contributed by atoms with E-state index >= 15 is 0 Å². The smallest absolute Gasteiger partial charge is 0.0893 e. The molecule has 0 radical (unpaired) electrons. The fourth-order valence-electron chi connectivity index (χ4n) is 3.55. The Morgan fingerprint density at radius 1 is 0.500 bits per heavy atom. The van der Waals surface area contributed by atoms with Gasteiger partial charge in [-0.25, -0.2) is 0 Å². The number of benzene rings is 3. The van der Waals surface area contributed by atoms with Crippen LogP contribution in [0.2, 0.25) is 0 Å². The maximum absolute atomic E-state index is 10.8. The van der Waals surface area contributed by atoms with Gasteiger partial charge in [-0.1, -0.05) is 97.1 Å². The fraction of sp³-hybridized carbons (Fsp3) is 0.154. The Morgan fingerprint density at radius 3 is 1.11 bits per heavy atom. The standard InChI is InChI=1S/C26H26O2/c1-3-23(19-11-7-5-8-12-19)25(27)21-15-17-22(18-16-21)26(28)24(4-2)20-13-9-6-10-14-20/h3-18,23-28H,1-2H2. The van der Waals surface area contributed by atoms with Crippen LogP contribution in [-0.2, 0) is 0 Å². The van der Waals surface area contributed by atoms with Crippen LogP contribution in [-0.4, -0.2) is 10.2 Å². The average Bonchev–Trinajstić information content (AvgIpc) is 2.76. The van der Waals surface area contributed by atoms with Gasteiger partial charge in [-0.05, 0) is 22.3 Å². The summed E-state index contributed by atoms with van der Waals surface area (Å²) in [5.41, 5.74) is 3.62. The van der Waals surface area contributed by atoms with Crippen LogP contribution in [0.4, 0.5) is 0 Å². The third kappa shape index (κ3) is 4.30. The molecular formula is C26H26O2. The van der Waals surface area contributed by atoms with Crippen molar-refractivity contribution >= 4 is 0 Å². The molecule has 2 N–H and O–H groups in total. The normalized spacial score (nSPS) is 15.2. The Hall–Kier alpha value is -2.94. The van der Waals surface area contributed by atoms with Crippen LogP contribution >= 0.6 is 0 Å². The van der Waals surface area contributed by atoms with Crippen molar-refractivity contribution in [2.24, 2.45) is 0 Å². The zero-order valence-corrected chi connectivity index (χ0v) is 15.9. The summed E-state index contributed by atoms with van der Waals surface area (Å²) in [6.45, 7) is 7.77. The molecule has 0 aliphatic carbocycles. The van der Waals surface area contributed by atoms with Crippen molar-refractivity contribution in [3.63, 3.8) is 0 Å². The lowest BCUT2D eigenvalue weighted by atomic mass is 9.86. The van der Waals surface area contributed by atoms with Crippen molar-refractivity contribution in [3.8, 4) is 0 Å². The minimum atomic E-state index is -0.699. The molecule has 0 aliphatic heterocycles. The highest BCUT2D eigenvalue weighted by Crippen LogP contribution is 2.35. The van der Waals surface area contributed by atoms with E-state index in [1.807, 2.05) is 84.9 Å². The summed E-state index contributed by atoms with van der Waals surface area (Å²) in [6.07, 6.45) is 2.14. The first kappa shape index (κ1) is 19.8. The summed E-state index contributed by atoms with van der Waals surface area (Å²) in [6, 6.07) is 27.2. The van der Waals surface area contributed by atoms with E-state index in [4.69, 9.17) is 0 Å². The molecule has 0 aliphatic rings. The highest BCUT2D eigenvalue weighted by atomic mass is 16.3. The molecule has 0 heterocycles. The molecule has 0 amide bonds. The molecule has 3 aromatic carbocycles. The van der Waals surface area contributed by atoms with E-state index in [2.05, 4.69) is 13.2 Å². The van der Waals surface area contributed by atoms with Crippen molar-refractivity contribution in [1.82, 2.24) is 0 Å². The summed E-state index contributed by atoms with van der Waals surface area (Å²) in [4.78, 5) is 0. The molecule has 4 atom stereocenters. The van der Waals surface area contributed by atoms with Gasteiger partial charge in [-0.2, -0.15) is 0 Å². The molecule has 2 heteroatoms. The summed E-state index contributed by atoms with van der Waals surface area (Å²) in [7, 11) is 0. The van der Waals surface area contributed by atoms with Crippen molar-refractivity contribution in [2.75, 3.05) is 0 Å². The third-order valence-electron chi connectivity index (χ3n) is 5.18. The van der Waals surface area contributed by atoms with Crippen LogP contribution in [0.3, 0.4) is 0 Å². The molecule has 0 spiro atoms. The van der Waals surface area contributed by atoms with Gasteiger partial charge in [0.2, 0.25) is 0 Å². The predicted molar refractivity (Wildman–Crippen MR) is 115 cm³/mol. The lowest BCUT2D eigenvalue weighted by Gasteiger charge is -2.23. The molecule has 0 saturated heterocycles. The SMILES string of the molecule is C=CC(c1ccccc1)C(O)c1ccc(C(O)C(C=C)c2ccccc2)cc1. The molecular weight excluding hydrogens is 344 g/mol. The van der Waals surface area contributed by atoms with E-state index in [9.17, 15) is 10.2 Å². The van der Waals surface area contributed by atoms with E-state index < -0.39 is 12.2 Å². The maximum Gasteiger partial charge on any atom is 0.0893 e. The summed E-state index contributed by atoms with van der Waals surface area (Å²) in [5.74, 6) is -0.385. The first-order valence-corrected chi connectivity index (χ1v) is 9.46. The van der Waals surface area contributed by atoms with E-state index in [0.717, 1.165) is 22.3 Å². The number of rotatable bonds is 8. The van der Waals surface area contributed by atoms with Crippen molar-refractivity contribution in [1.29, 1.82) is 0 Å². The summed E-state index contributed by atoms with van der Waals surface area (Å²) < 4.78 is 0. The van der Waals surface area contributed by atoms with Crippen LogP contribution in [0.5, 0.6) is 0 Å². The Morgan fingerprint density at radius 2 is 0.821 bits per heavy atom. The van der Waals surface area contributed by atoms with Gasteiger partial charge >= 0.3 is 0 Å².